The van der Waals surface area contributed by atoms with Gasteiger partial charge in [-0.25, -0.2) is 4.39 Å². The number of hydrogen-bond acceptors (Lipinski definition) is 3. The highest BCUT2D eigenvalue weighted by atomic mass is 32.2. The van der Waals surface area contributed by atoms with Gasteiger partial charge < -0.3 is 10.0 Å². The fourth-order valence-corrected chi connectivity index (χ4v) is 2.05. The van der Waals surface area contributed by atoms with Crippen molar-refractivity contribution in [2.75, 3.05) is 32.1 Å². The Balaban J connectivity index is 2.34. The molecular formula is C13H20FNOS. The van der Waals surface area contributed by atoms with Crippen LogP contribution in [-0.2, 0) is 0 Å². The number of hydrogen-bond donors (Lipinski definition) is 1. The minimum Gasteiger partial charge on any atom is -0.388 e. The number of benzene rings is 1. The van der Waals surface area contributed by atoms with E-state index in [1.165, 1.54) is 12.1 Å². The van der Waals surface area contributed by atoms with Gasteiger partial charge in [0.1, 0.15) is 5.82 Å². The second kappa shape index (κ2) is 7.69. The molecule has 4 heteroatoms. The van der Waals surface area contributed by atoms with Crippen LogP contribution in [0.25, 0.3) is 0 Å². The first kappa shape index (κ1) is 14.5. The molecule has 0 aliphatic rings. The topological polar surface area (TPSA) is 23.5 Å². The van der Waals surface area contributed by atoms with Crippen LogP contribution in [0.15, 0.2) is 24.3 Å². The Hall–Kier alpha value is -0.580. The zero-order valence-corrected chi connectivity index (χ0v) is 11.2. The Bertz CT molecular complexity index is 318. The average Bonchev–Trinajstić information content (AvgIpc) is 2.34. The molecule has 2 nitrogen and oxygen atoms in total. The standard InChI is InChI=1S/C13H20FNOS/c1-15(9-10-17-2)8-7-13(16)11-3-5-12(14)6-4-11/h3-6,13,16H,7-10H2,1-2H3. The summed E-state index contributed by atoms with van der Waals surface area (Å²) in [4.78, 5) is 2.20. The van der Waals surface area contributed by atoms with Crippen molar-refractivity contribution in [2.24, 2.45) is 0 Å². The molecule has 1 unspecified atom stereocenters. The second-order valence-electron chi connectivity index (χ2n) is 4.15. The van der Waals surface area contributed by atoms with Crippen LogP contribution in [0.2, 0.25) is 0 Å². The van der Waals surface area contributed by atoms with E-state index in [1.807, 2.05) is 18.8 Å². The van der Waals surface area contributed by atoms with Gasteiger partial charge in [0.05, 0.1) is 6.10 Å². The first-order valence-corrected chi connectivity index (χ1v) is 7.14. The number of aliphatic hydroxyl groups is 1. The summed E-state index contributed by atoms with van der Waals surface area (Å²) in [7, 11) is 2.05. The van der Waals surface area contributed by atoms with Gasteiger partial charge in [-0.1, -0.05) is 12.1 Å². The predicted molar refractivity (Wildman–Crippen MR) is 71.9 cm³/mol. The summed E-state index contributed by atoms with van der Waals surface area (Å²) in [6.45, 7) is 1.87. The minimum atomic E-state index is -0.507. The van der Waals surface area contributed by atoms with E-state index in [2.05, 4.69) is 11.2 Å². The second-order valence-corrected chi connectivity index (χ2v) is 5.14. The first-order chi connectivity index (χ1) is 8.13. The third-order valence-corrected chi connectivity index (χ3v) is 3.31. The van der Waals surface area contributed by atoms with Gasteiger partial charge in [-0.15, -0.1) is 0 Å². The van der Waals surface area contributed by atoms with E-state index in [9.17, 15) is 9.50 Å². The molecule has 1 rings (SSSR count). The fourth-order valence-electron chi connectivity index (χ4n) is 1.55. The molecule has 0 heterocycles. The van der Waals surface area contributed by atoms with Gasteiger partial charge in [0.25, 0.3) is 0 Å². The van der Waals surface area contributed by atoms with Crippen LogP contribution in [-0.4, -0.2) is 42.2 Å². The SMILES string of the molecule is CSCCN(C)CCC(O)c1ccc(F)cc1. The zero-order valence-electron chi connectivity index (χ0n) is 10.4. The van der Waals surface area contributed by atoms with Crippen LogP contribution in [0.4, 0.5) is 4.39 Å². The largest absolute Gasteiger partial charge is 0.388 e. The van der Waals surface area contributed by atoms with Crippen LogP contribution < -0.4 is 0 Å². The maximum absolute atomic E-state index is 12.7. The molecule has 1 atom stereocenters. The van der Waals surface area contributed by atoms with Crippen molar-refractivity contribution in [3.63, 3.8) is 0 Å². The normalized spacial score (nSPS) is 13.0. The molecule has 1 N–H and O–H groups in total. The first-order valence-electron chi connectivity index (χ1n) is 5.74. The molecule has 0 aliphatic carbocycles. The lowest BCUT2D eigenvalue weighted by Crippen LogP contribution is -2.23. The monoisotopic (exact) mass is 257 g/mol. The van der Waals surface area contributed by atoms with Gasteiger partial charge >= 0.3 is 0 Å². The smallest absolute Gasteiger partial charge is 0.123 e. The van der Waals surface area contributed by atoms with E-state index in [1.54, 1.807) is 12.1 Å². The highest BCUT2D eigenvalue weighted by molar-refractivity contribution is 7.98. The lowest BCUT2D eigenvalue weighted by Gasteiger charge is -2.18. The Labute approximate surface area is 107 Å². The third kappa shape index (κ3) is 5.52. The molecule has 0 saturated heterocycles. The molecule has 17 heavy (non-hydrogen) atoms. The van der Waals surface area contributed by atoms with Crippen LogP contribution in [0, 0.1) is 5.82 Å². The number of halogens is 1. The van der Waals surface area contributed by atoms with Crippen molar-refractivity contribution in [3.8, 4) is 0 Å². The molecule has 0 amide bonds. The van der Waals surface area contributed by atoms with E-state index < -0.39 is 6.10 Å². The van der Waals surface area contributed by atoms with E-state index in [0.29, 0.717) is 6.42 Å². The molecule has 0 radical (unpaired) electrons. The van der Waals surface area contributed by atoms with Crippen LogP contribution in [0.1, 0.15) is 18.1 Å². The highest BCUT2D eigenvalue weighted by Crippen LogP contribution is 2.17. The fraction of sp³-hybridized carbons (Fsp3) is 0.538. The van der Waals surface area contributed by atoms with Crippen molar-refractivity contribution in [3.05, 3.63) is 35.6 Å². The molecule has 1 aromatic carbocycles. The highest BCUT2D eigenvalue weighted by Gasteiger charge is 2.08. The molecule has 0 fully saturated rings. The Kier molecular flexibility index (Phi) is 6.55. The third-order valence-electron chi connectivity index (χ3n) is 2.72. The van der Waals surface area contributed by atoms with Crippen LogP contribution in [0.3, 0.4) is 0 Å². The average molecular weight is 257 g/mol. The summed E-state index contributed by atoms with van der Waals surface area (Å²) < 4.78 is 12.7. The summed E-state index contributed by atoms with van der Waals surface area (Å²) in [5.74, 6) is 0.835. The van der Waals surface area contributed by atoms with Gasteiger partial charge in [0.15, 0.2) is 0 Å². The van der Waals surface area contributed by atoms with Crippen LogP contribution >= 0.6 is 11.8 Å². The van der Waals surface area contributed by atoms with Crippen molar-refractivity contribution >= 4 is 11.8 Å². The number of thioether (sulfide) groups is 1. The molecule has 0 spiro atoms. The maximum atomic E-state index is 12.7. The summed E-state index contributed by atoms with van der Waals surface area (Å²) in [6.07, 6.45) is 2.25. The van der Waals surface area contributed by atoms with Crippen molar-refractivity contribution < 1.29 is 9.50 Å². The zero-order chi connectivity index (χ0) is 12.7. The summed E-state index contributed by atoms with van der Waals surface area (Å²) in [5.41, 5.74) is 0.782. The lowest BCUT2D eigenvalue weighted by atomic mass is 10.1. The van der Waals surface area contributed by atoms with Gasteiger partial charge in [-0.05, 0) is 37.4 Å². The minimum absolute atomic E-state index is 0.266. The van der Waals surface area contributed by atoms with Gasteiger partial charge in [0.2, 0.25) is 0 Å². The van der Waals surface area contributed by atoms with Crippen molar-refractivity contribution in [2.45, 2.75) is 12.5 Å². The predicted octanol–water partition coefficient (Wildman–Crippen LogP) is 2.54. The number of rotatable bonds is 7. The summed E-state index contributed by atoms with van der Waals surface area (Å²) in [5, 5.41) is 9.93. The molecule has 96 valence electrons. The lowest BCUT2D eigenvalue weighted by molar-refractivity contribution is 0.150. The summed E-state index contributed by atoms with van der Waals surface area (Å²) in [6, 6.07) is 6.05. The van der Waals surface area contributed by atoms with Crippen molar-refractivity contribution in [1.82, 2.24) is 4.90 Å². The molecule has 0 saturated carbocycles. The maximum Gasteiger partial charge on any atom is 0.123 e. The number of aliphatic hydroxyl groups excluding tert-OH is 1. The Morgan fingerprint density at radius 1 is 1.29 bits per heavy atom. The molecule has 0 aliphatic heterocycles. The van der Waals surface area contributed by atoms with Gasteiger partial charge in [-0.2, -0.15) is 11.8 Å². The van der Waals surface area contributed by atoms with E-state index in [4.69, 9.17) is 0 Å². The quantitative estimate of drug-likeness (QED) is 0.812. The van der Waals surface area contributed by atoms with E-state index >= 15 is 0 Å². The van der Waals surface area contributed by atoms with E-state index in [-0.39, 0.29) is 5.82 Å². The number of nitrogens with zero attached hydrogens (tertiary/aromatic N) is 1. The van der Waals surface area contributed by atoms with Gasteiger partial charge in [-0.3, -0.25) is 0 Å². The Morgan fingerprint density at radius 2 is 1.94 bits per heavy atom. The van der Waals surface area contributed by atoms with Crippen LogP contribution in [0.5, 0.6) is 0 Å². The molecule has 0 bridgehead atoms. The van der Waals surface area contributed by atoms with Crippen molar-refractivity contribution in [1.29, 1.82) is 0 Å². The molecule has 0 aromatic heterocycles. The van der Waals surface area contributed by atoms with Gasteiger partial charge in [0, 0.05) is 18.8 Å². The molecular weight excluding hydrogens is 237 g/mol. The molecule has 1 aromatic rings. The van der Waals surface area contributed by atoms with E-state index in [0.717, 1.165) is 24.4 Å². The Morgan fingerprint density at radius 3 is 2.53 bits per heavy atom. The summed E-state index contributed by atoms with van der Waals surface area (Å²) >= 11 is 1.82.